The SMILES string of the molecule is CC/C=C\C/C=C\C/C=C\C/C=C\C/C=C\CCCCCC(=O)O[C@H](COC(=O)CC/C=C\C/C=C\C/C=C\C/C=C\C/C=C\CCCCC)COC(=O)CCCCCC/C=C\C/C=C\C/C=C\CCCCC. The van der Waals surface area contributed by atoms with E-state index >= 15 is 0 Å². The van der Waals surface area contributed by atoms with Gasteiger partial charge in [0.05, 0.1) is 0 Å². The van der Waals surface area contributed by atoms with E-state index in [1.54, 1.807) is 0 Å². The standard InChI is InChI=1S/C67H104O6/c1-4-7-10-13-16-19-22-25-28-31-33-36-39-42-45-48-51-54-57-60-66(69)72-63-64(62-71-65(68)59-56-53-50-47-44-41-38-35-30-27-24-21-18-15-12-9-6-3)73-67(70)61-58-55-52-49-46-43-40-37-34-32-29-26-23-20-17-14-11-8-5-2/h8,11,16-21,25-30,33-34,36-38,41-43,45-46,51,54,64H,4-7,9-10,12-15,22-24,31-32,35,39-40,44,47-50,52-53,55-63H2,1-3H3/b11-8-,19-16-,20-17-,21-18-,28-25-,29-26-,30-27-,36-33-,37-34-,41-38-,45-42-,46-43-,54-51-/t64-/m0/s1. The van der Waals surface area contributed by atoms with Crippen molar-refractivity contribution in [1.29, 1.82) is 0 Å². The van der Waals surface area contributed by atoms with Crippen molar-refractivity contribution in [2.45, 2.75) is 232 Å². The summed E-state index contributed by atoms with van der Waals surface area (Å²) in [5, 5.41) is 0. The Bertz CT molecular complexity index is 1670. The lowest BCUT2D eigenvalue weighted by molar-refractivity contribution is -0.166. The molecule has 0 N–H and O–H groups in total. The first kappa shape index (κ1) is 68.0. The summed E-state index contributed by atoms with van der Waals surface area (Å²) >= 11 is 0. The Hall–Kier alpha value is -4.97. The van der Waals surface area contributed by atoms with Crippen LogP contribution in [0.2, 0.25) is 0 Å². The average molecular weight is 1010 g/mol. The second kappa shape index (κ2) is 59.6. The van der Waals surface area contributed by atoms with Crippen molar-refractivity contribution in [3.8, 4) is 0 Å². The maximum absolute atomic E-state index is 12.9. The van der Waals surface area contributed by atoms with Crippen molar-refractivity contribution in [2.75, 3.05) is 13.2 Å². The van der Waals surface area contributed by atoms with E-state index in [1.807, 2.05) is 12.2 Å². The van der Waals surface area contributed by atoms with Crippen molar-refractivity contribution >= 4 is 17.9 Å². The maximum atomic E-state index is 12.9. The van der Waals surface area contributed by atoms with Crippen molar-refractivity contribution in [3.05, 3.63) is 158 Å². The zero-order valence-electron chi connectivity index (χ0n) is 46.6. The van der Waals surface area contributed by atoms with Gasteiger partial charge in [0.1, 0.15) is 13.2 Å². The molecule has 0 aromatic carbocycles. The molecule has 0 aliphatic rings. The molecule has 0 aromatic heterocycles. The van der Waals surface area contributed by atoms with Crippen molar-refractivity contribution in [2.24, 2.45) is 0 Å². The van der Waals surface area contributed by atoms with Crippen LogP contribution in [0.1, 0.15) is 226 Å². The van der Waals surface area contributed by atoms with Gasteiger partial charge < -0.3 is 14.2 Å². The fourth-order valence-corrected chi connectivity index (χ4v) is 7.16. The van der Waals surface area contributed by atoms with E-state index in [-0.39, 0.29) is 44.0 Å². The van der Waals surface area contributed by atoms with Gasteiger partial charge in [-0.3, -0.25) is 14.4 Å². The number of carbonyl (C=O) groups is 3. The van der Waals surface area contributed by atoms with Crippen LogP contribution in [-0.2, 0) is 28.6 Å². The normalized spacial score (nSPS) is 13.3. The van der Waals surface area contributed by atoms with Crippen LogP contribution in [0.15, 0.2) is 158 Å². The molecule has 0 rings (SSSR count). The predicted molar refractivity (Wildman–Crippen MR) is 315 cm³/mol. The number of unbranched alkanes of at least 4 members (excludes halogenated alkanes) is 13. The van der Waals surface area contributed by atoms with Gasteiger partial charge in [-0.2, -0.15) is 0 Å². The van der Waals surface area contributed by atoms with Gasteiger partial charge in [0.2, 0.25) is 0 Å². The number of esters is 3. The molecule has 0 unspecified atom stereocenters. The van der Waals surface area contributed by atoms with E-state index in [0.717, 1.165) is 122 Å². The van der Waals surface area contributed by atoms with Crippen LogP contribution in [0.25, 0.3) is 0 Å². The van der Waals surface area contributed by atoms with E-state index in [4.69, 9.17) is 14.2 Å². The summed E-state index contributed by atoms with van der Waals surface area (Å²) in [6, 6.07) is 0. The third-order valence-electron chi connectivity index (χ3n) is 11.5. The first-order chi connectivity index (χ1) is 36.0. The molecule has 0 saturated heterocycles. The molecule has 0 bridgehead atoms. The van der Waals surface area contributed by atoms with E-state index in [9.17, 15) is 14.4 Å². The van der Waals surface area contributed by atoms with E-state index in [1.165, 1.54) is 51.4 Å². The van der Waals surface area contributed by atoms with Crippen LogP contribution < -0.4 is 0 Å². The molecule has 73 heavy (non-hydrogen) atoms. The molecule has 408 valence electrons. The number of ether oxygens (including phenoxy) is 3. The lowest BCUT2D eigenvalue weighted by Gasteiger charge is -2.18. The molecule has 0 amide bonds. The molecule has 6 nitrogen and oxygen atoms in total. The fourth-order valence-electron chi connectivity index (χ4n) is 7.16. The van der Waals surface area contributed by atoms with Gasteiger partial charge in [-0.15, -0.1) is 0 Å². The number of allylic oxidation sites excluding steroid dienone is 26. The van der Waals surface area contributed by atoms with Crippen molar-refractivity contribution in [1.82, 2.24) is 0 Å². The number of hydrogen-bond donors (Lipinski definition) is 0. The summed E-state index contributed by atoms with van der Waals surface area (Å²) in [6.07, 6.45) is 86.7. The second-order valence-corrected chi connectivity index (χ2v) is 18.5. The fraction of sp³-hybridized carbons (Fsp3) is 0.567. The molecule has 6 heteroatoms. The molecule has 0 radical (unpaired) electrons. The molecule has 0 aliphatic heterocycles. The van der Waals surface area contributed by atoms with Crippen molar-refractivity contribution in [3.63, 3.8) is 0 Å². The lowest BCUT2D eigenvalue weighted by Crippen LogP contribution is -2.30. The lowest BCUT2D eigenvalue weighted by atomic mass is 10.1. The molecule has 0 fully saturated rings. The van der Waals surface area contributed by atoms with Crippen LogP contribution in [-0.4, -0.2) is 37.2 Å². The Balaban J connectivity index is 4.64. The second-order valence-electron chi connectivity index (χ2n) is 18.5. The summed E-state index contributed by atoms with van der Waals surface area (Å²) in [5.74, 6) is -1.08. The minimum absolute atomic E-state index is 0.134. The molecule has 0 saturated carbocycles. The Labute approximate surface area is 448 Å². The average Bonchev–Trinajstić information content (AvgIpc) is 3.39. The van der Waals surface area contributed by atoms with E-state index in [0.29, 0.717) is 19.3 Å². The molecule has 0 heterocycles. The van der Waals surface area contributed by atoms with Crippen LogP contribution in [0.4, 0.5) is 0 Å². The molecule has 0 spiro atoms. The Morgan fingerprint density at radius 2 is 0.562 bits per heavy atom. The zero-order chi connectivity index (χ0) is 52.9. The Morgan fingerprint density at radius 1 is 0.288 bits per heavy atom. The Kier molecular flexibility index (Phi) is 55.5. The van der Waals surface area contributed by atoms with Gasteiger partial charge in [0, 0.05) is 19.3 Å². The third-order valence-corrected chi connectivity index (χ3v) is 11.5. The first-order valence-electron chi connectivity index (χ1n) is 29.0. The highest BCUT2D eigenvalue weighted by Crippen LogP contribution is 2.11. The van der Waals surface area contributed by atoms with E-state index in [2.05, 4.69) is 167 Å². The summed E-state index contributed by atoms with van der Waals surface area (Å²) in [7, 11) is 0. The highest BCUT2D eigenvalue weighted by molar-refractivity contribution is 5.71. The number of carbonyl (C=O) groups excluding carboxylic acids is 3. The minimum atomic E-state index is -0.844. The van der Waals surface area contributed by atoms with Gasteiger partial charge in [-0.25, -0.2) is 0 Å². The Morgan fingerprint density at radius 3 is 0.918 bits per heavy atom. The van der Waals surface area contributed by atoms with Gasteiger partial charge in [-0.05, 0) is 141 Å². The summed E-state index contributed by atoms with van der Waals surface area (Å²) in [4.78, 5) is 38.2. The maximum Gasteiger partial charge on any atom is 0.306 e. The van der Waals surface area contributed by atoms with Crippen LogP contribution in [0, 0.1) is 0 Å². The number of hydrogen-bond acceptors (Lipinski definition) is 6. The quantitative estimate of drug-likeness (QED) is 0.0261. The summed E-state index contributed by atoms with van der Waals surface area (Å²) < 4.78 is 16.8. The highest BCUT2D eigenvalue weighted by atomic mass is 16.6. The minimum Gasteiger partial charge on any atom is -0.462 e. The zero-order valence-corrected chi connectivity index (χ0v) is 46.6. The molecule has 0 aliphatic carbocycles. The van der Waals surface area contributed by atoms with Crippen molar-refractivity contribution < 1.29 is 28.6 Å². The molecular weight excluding hydrogens is 901 g/mol. The molecule has 0 aromatic rings. The summed E-state index contributed by atoms with van der Waals surface area (Å²) in [5.41, 5.74) is 0. The topological polar surface area (TPSA) is 78.9 Å². The van der Waals surface area contributed by atoms with Gasteiger partial charge in [-0.1, -0.05) is 224 Å². The number of rotatable bonds is 50. The van der Waals surface area contributed by atoms with Gasteiger partial charge in [0.25, 0.3) is 0 Å². The molecular formula is C67H104O6. The van der Waals surface area contributed by atoms with Crippen LogP contribution in [0.5, 0.6) is 0 Å². The monoisotopic (exact) mass is 1000 g/mol. The third kappa shape index (κ3) is 57.8. The van der Waals surface area contributed by atoms with E-state index < -0.39 is 6.10 Å². The first-order valence-corrected chi connectivity index (χ1v) is 29.0. The van der Waals surface area contributed by atoms with Gasteiger partial charge >= 0.3 is 17.9 Å². The van der Waals surface area contributed by atoms with Crippen LogP contribution in [0.3, 0.4) is 0 Å². The molecule has 1 atom stereocenters. The van der Waals surface area contributed by atoms with Gasteiger partial charge in [0.15, 0.2) is 6.10 Å². The highest BCUT2D eigenvalue weighted by Gasteiger charge is 2.19. The predicted octanol–water partition coefficient (Wildman–Crippen LogP) is 19.8. The van der Waals surface area contributed by atoms with Crippen LogP contribution >= 0.6 is 0 Å². The largest absolute Gasteiger partial charge is 0.462 e. The summed E-state index contributed by atoms with van der Waals surface area (Å²) in [6.45, 7) is 6.34. The smallest absolute Gasteiger partial charge is 0.306 e.